The van der Waals surface area contributed by atoms with Crippen LogP contribution in [0.25, 0.3) is 0 Å². The zero-order chi connectivity index (χ0) is 18.0. The molecule has 1 aliphatic rings. The van der Waals surface area contributed by atoms with Gasteiger partial charge in [0.1, 0.15) is 5.41 Å². The lowest BCUT2D eigenvalue weighted by Crippen LogP contribution is -2.47. The number of nitrogens with two attached hydrogens (primary N) is 1. The Bertz CT molecular complexity index is 819. The molecule has 0 spiro atoms. The first-order valence-electron chi connectivity index (χ1n) is 9.11. The van der Waals surface area contributed by atoms with Crippen LogP contribution in [-0.2, 0) is 10.2 Å². The number of rotatable bonds is 5. The quantitative estimate of drug-likeness (QED) is 0.766. The molecule has 26 heavy (non-hydrogen) atoms. The Morgan fingerprint density at radius 1 is 1.00 bits per heavy atom. The van der Waals surface area contributed by atoms with Crippen molar-refractivity contribution in [3.63, 3.8) is 0 Å². The van der Waals surface area contributed by atoms with Crippen LogP contribution in [0.5, 0.6) is 0 Å². The fourth-order valence-electron chi connectivity index (χ4n) is 4.63. The van der Waals surface area contributed by atoms with Crippen LogP contribution in [0.3, 0.4) is 0 Å². The van der Waals surface area contributed by atoms with Crippen molar-refractivity contribution in [3.8, 4) is 0 Å². The molecule has 1 aliphatic carbocycles. The van der Waals surface area contributed by atoms with E-state index < -0.39 is 5.41 Å². The van der Waals surface area contributed by atoms with Crippen molar-refractivity contribution < 1.29 is 4.79 Å². The highest BCUT2D eigenvalue weighted by Gasteiger charge is 2.49. The molecule has 1 aromatic heterocycles. The third kappa shape index (κ3) is 2.62. The highest BCUT2D eigenvalue weighted by Crippen LogP contribution is 2.49. The van der Waals surface area contributed by atoms with Crippen LogP contribution in [0.15, 0.2) is 79.4 Å². The Kier molecular flexibility index (Phi) is 4.33. The SMILES string of the molecule is NC(=O)C(c1ccccc1)(c1ccccc1)[C@H]1CC[C@@H](n2ccnc2)C1. The fourth-order valence-corrected chi connectivity index (χ4v) is 4.63. The largest absolute Gasteiger partial charge is 0.369 e. The lowest BCUT2D eigenvalue weighted by Gasteiger charge is -2.37. The first-order valence-corrected chi connectivity index (χ1v) is 9.11. The molecule has 0 saturated heterocycles. The maximum absolute atomic E-state index is 13.0. The van der Waals surface area contributed by atoms with Crippen LogP contribution >= 0.6 is 0 Å². The highest BCUT2D eigenvalue weighted by atomic mass is 16.1. The molecule has 1 fully saturated rings. The fraction of sp³-hybridized carbons (Fsp3) is 0.273. The second kappa shape index (κ2) is 6.79. The lowest BCUT2D eigenvalue weighted by atomic mass is 9.64. The van der Waals surface area contributed by atoms with Gasteiger partial charge in [0.15, 0.2) is 0 Å². The van der Waals surface area contributed by atoms with Gasteiger partial charge in [-0.25, -0.2) is 4.98 Å². The Morgan fingerprint density at radius 2 is 1.62 bits per heavy atom. The topological polar surface area (TPSA) is 60.9 Å². The van der Waals surface area contributed by atoms with Crippen molar-refractivity contribution in [1.29, 1.82) is 0 Å². The van der Waals surface area contributed by atoms with Crippen molar-refractivity contribution in [1.82, 2.24) is 9.55 Å². The summed E-state index contributed by atoms with van der Waals surface area (Å²) in [7, 11) is 0. The summed E-state index contributed by atoms with van der Waals surface area (Å²) in [6.07, 6.45) is 8.56. The molecule has 1 amide bonds. The van der Waals surface area contributed by atoms with Gasteiger partial charge in [0, 0.05) is 18.4 Å². The van der Waals surface area contributed by atoms with E-state index in [2.05, 4.69) is 9.55 Å². The summed E-state index contributed by atoms with van der Waals surface area (Å²) in [6.45, 7) is 0. The summed E-state index contributed by atoms with van der Waals surface area (Å²) >= 11 is 0. The van der Waals surface area contributed by atoms with Gasteiger partial charge in [-0.15, -0.1) is 0 Å². The number of hydrogen-bond acceptors (Lipinski definition) is 2. The van der Waals surface area contributed by atoms with Gasteiger partial charge in [-0.2, -0.15) is 0 Å². The Hall–Kier alpha value is -2.88. The van der Waals surface area contributed by atoms with Crippen LogP contribution in [0, 0.1) is 5.92 Å². The Labute approximate surface area is 153 Å². The third-order valence-electron chi connectivity index (χ3n) is 5.81. The van der Waals surface area contributed by atoms with E-state index in [0.29, 0.717) is 6.04 Å². The molecule has 0 unspecified atom stereocenters. The zero-order valence-electron chi connectivity index (χ0n) is 14.7. The average molecular weight is 345 g/mol. The van der Waals surface area contributed by atoms with Crippen LogP contribution in [0.4, 0.5) is 0 Å². The minimum absolute atomic E-state index is 0.150. The van der Waals surface area contributed by atoms with E-state index in [0.717, 1.165) is 30.4 Å². The molecule has 1 saturated carbocycles. The number of primary amides is 1. The first kappa shape index (κ1) is 16.6. The van der Waals surface area contributed by atoms with Crippen LogP contribution in [0.2, 0.25) is 0 Å². The molecule has 1 heterocycles. The monoisotopic (exact) mass is 345 g/mol. The molecule has 0 bridgehead atoms. The van der Waals surface area contributed by atoms with E-state index in [4.69, 9.17) is 5.73 Å². The van der Waals surface area contributed by atoms with E-state index in [-0.39, 0.29) is 11.8 Å². The second-order valence-corrected chi connectivity index (χ2v) is 7.08. The van der Waals surface area contributed by atoms with Gasteiger partial charge in [-0.1, -0.05) is 60.7 Å². The molecule has 2 aromatic carbocycles. The van der Waals surface area contributed by atoms with Gasteiger partial charge in [0.05, 0.1) is 6.33 Å². The molecular weight excluding hydrogens is 322 g/mol. The zero-order valence-corrected chi connectivity index (χ0v) is 14.7. The van der Waals surface area contributed by atoms with Crippen LogP contribution in [0.1, 0.15) is 36.4 Å². The van der Waals surface area contributed by atoms with Crippen molar-refractivity contribution in [2.24, 2.45) is 11.7 Å². The number of imidazole rings is 1. The van der Waals surface area contributed by atoms with Crippen LogP contribution < -0.4 is 5.73 Å². The summed E-state index contributed by atoms with van der Waals surface area (Å²) in [4.78, 5) is 17.2. The van der Waals surface area contributed by atoms with Crippen molar-refractivity contribution >= 4 is 5.91 Å². The normalized spacial score (nSPS) is 20.2. The van der Waals surface area contributed by atoms with Gasteiger partial charge in [0.2, 0.25) is 5.91 Å². The summed E-state index contributed by atoms with van der Waals surface area (Å²) < 4.78 is 2.15. The van der Waals surface area contributed by atoms with Crippen LogP contribution in [-0.4, -0.2) is 15.5 Å². The molecule has 2 N–H and O–H groups in total. The smallest absolute Gasteiger partial charge is 0.232 e. The standard InChI is InChI=1S/C22H23N3O/c23-21(26)22(17-7-3-1-4-8-17,18-9-5-2-6-10-18)19-11-12-20(15-19)25-14-13-24-16-25/h1-10,13-14,16,19-20H,11-12,15H2,(H2,23,26)/t19-,20+/m0/s1. The highest BCUT2D eigenvalue weighted by molar-refractivity contribution is 5.91. The Balaban J connectivity index is 1.82. The van der Waals surface area contributed by atoms with Crippen molar-refractivity contribution in [2.75, 3.05) is 0 Å². The summed E-state index contributed by atoms with van der Waals surface area (Å²) in [5, 5.41) is 0. The van der Waals surface area contributed by atoms with Gasteiger partial charge in [-0.3, -0.25) is 4.79 Å². The number of nitrogens with zero attached hydrogens (tertiary/aromatic N) is 2. The number of amides is 1. The summed E-state index contributed by atoms with van der Waals surface area (Å²) in [5.41, 5.74) is 7.28. The van der Waals surface area contributed by atoms with Crippen molar-refractivity contribution in [2.45, 2.75) is 30.7 Å². The molecule has 0 aliphatic heterocycles. The van der Waals surface area contributed by atoms with E-state index in [1.807, 2.05) is 79.4 Å². The van der Waals surface area contributed by atoms with E-state index in [1.54, 1.807) is 0 Å². The number of aromatic nitrogens is 2. The van der Waals surface area contributed by atoms with E-state index >= 15 is 0 Å². The van der Waals surface area contributed by atoms with Gasteiger partial charge in [0.25, 0.3) is 0 Å². The maximum Gasteiger partial charge on any atom is 0.232 e. The van der Waals surface area contributed by atoms with Gasteiger partial charge >= 0.3 is 0 Å². The predicted molar refractivity (Wildman–Crippen MR) is 101 cm³/mol. The molecule has 4 heteroatoms. The summed E-state index contributed by atoms with van der Waals surface area (Å²) in [5.74, 6) is -0.122. The minimum atomic E-state index is -0.808. The third-order valence-corrected chi connectivity index (χ3v) is 5.81. The van der Waals surface area contributed by atoms with E-state index in [1.165, 1.54) is 0 Å². The molecule has 3 aromatic rings. The first-order chi connectivity index (χ1) is 12.7. The second-order valence-electron chi connectivity index (χ2n) is 7.08. The molecular formula is C22H23N3O. The minimum Gasteiger partial charge on any atom is -0.369 e. The number of benzene rings is 2. The Morgan fingerprint density at radius 3 is 2.12 bits per heavy atom. The van der Waals surface area contributed by atoms with Gasteiger partial charge in [-0.05, 0) is 36.3 Å². The van der Waals surface area contributed by atoms with E-state index in [9.17, 15) is 4.79 Å². The van der Waals surface area contributed by atoms with Crippen molar-refractivity contribution in [3.05, 3.63) is 90.5 Å². The summed E-state index contributed by atoms with van der Waals surface area (Å²) in [6, 6.07) is 20.4. The molecule has 0 radical (unpaired) electrons. The molecule has 2 atom stereocenters. The van der Waals surface area contributed by atoms with Gasteiger partial charge < -0.3 is 10.3 Å². The predicted octanol–water partition coefficient (Wildman–Crippen LogP) is 3.70. The molecule has 4 nitrogen and oxygen atoms in total. The number of carbonyl (C=O) groups is 1. The number of carbonyl (C=O) groups excluding carboxylic acids is 1. The average Bonchev–Trinajstić information content (AvgIpc) is 3.36. The molecule has 132 valence electrons. The lowest BCUT2D eigenvalue weighted by molar-refractivity contribution is -0.123. The molecule has 4 rings (SSSR count). The maximum atomic E-state index is 13.0. The number of hydrogen-bond donors (Lipinski definition) is 1.